The van der Waals surface area contributed by atoms with Crippen LogP contribution in [-0.4, -0.2) is 27.1 Å². The van der Waals surface area contributed by atoms with Crippen molar-refractivity contribution in [3.8, 4) is 0 Å². The number of carbonyl (C=O) groups excluding carboxylic acids is 1. The first-order chi connectivity index (χ1) is 12.2. The lowest BCUT2D eigenvalue weighted by molar-refractivity contribution is -0.120. The van der Waals surface area contributed by atoms with Gasteiger partial charge in [-0.15, -0.1) is 0 Å². The molecule has 0 saturated heterocycles. The molecule has 2 aromatic rings. The second-order valence-corrected chi connectivity index (χ2v) is 8.48. The Morgan fingerprint density at radius 2 is 1.85 bits per heavy atom. The number of nitrogens with zero attached hydrogens (tertiary/aromatic N) is 1. The molecule has 0 aliphatic carbocycles. The monoisotopic (exact) mass is 394 g/mol. The molecule has 1 atom stereocenters. The predicted octanol–water partition coefficient (Wildman–Crippen LogP) is 3.68. The van der Waals surface area contributed by atoms with E-state index in [1.54, 1.807) is 25.1 Å². The third-order valence-corrected chi connectivity index (χ3v) is 5.42. The summed E-state index contributed by atoms with van der Waals surface area (Å²) < 4.78 is 25.6. The summed E-state index contributed by atoms with van der Waals surface area (Å²) in [6.45, 7) is 3.44. The van der Waals surface area contributed by atoms with Gasteiger partial charge in [0.05, 0.1) is 18.0 Å². The summed E-state index contributed by atoms with van der Waals surface area (Å²) in [4.78, 5) is 12.6. The van der Waals surface area contributed by atoms with Crippen molar-refractivity contribution in [1.29, 1.82) is 0 Å². The lowest BCUT2D eigenvalue weighted by Gasteiger charge is -2.25. The number of rotatable bonds is 7. The fraction of sp³-hybridized carbons (Fsp3) is 0.316. The van der Waals surface area contributed by atoms with Gasteiger partial charge in [-0.1, -0.05) is 48.9 Å². The summed E-state index contributed by atoms with van der Waals surface area (Å²) in [5, 5.41) is 3.43. The maximum Gasteiger partial charge on any atom is 0.241 e. The zero-order chi connectivity index (χ0) is 19.3. The van der Waals surface area contributed by atoms with Gasteiger partial charge >= 0.3 is 0 Å². The Kier molecular flexibility index (Phi) is 6.67. The van der Waals surface area contributed by atoms with Gasteiger partial charge in [0.2, 0.25) is 15.9 Å². The summed E-state index contributed by atoms with van der Waals surface area (Å²) in [6, 6.07) is 14.3. The molecule has 0 fully saturated rings. The van der Waals surface area contributed by atoms with Gasteiger partial charge in [-0.05, 0) is 42.7 Å². The second kappa shape index (κ2) is 8.56. The van der Waals surface area contributed by atoms with Crippen LogP contribution >= 0.6 is 11.6 Å². The van der Waals surface area contributed by atoms with Gasteiger partial charge in [0.15, 0.2) is 0 Å². The van der Waals surface area contributed by atoms with Crippen molar-refractivity contribution in [2.45, 2.75) is 26.3 Å². The van der Waals surface area contributed by atoms with E-state index >= 15 is 0 Å². The number of anilines is 1. The summed E-state index contributed by atoms with van der Waals surface area (Å²) in [6.07, 6.45) is 1.79. The molecule has 5 nitrogen and oxygen atoms in total. The highest BCUT2D eigenvalue weighted by molar-refractivity contribution is 7.92. The molecule has 0 aliphatic rings. The molecule has 0 aliphatic heterocycles. The summed E-state index contributed by atoms with van der Waals surface area (Å²) >= 11 is 5.95. The van der Waals surface area contributed by atoms with Gasteiger partial charge in [-0.2, -0.15) is 0 Å². The van der Waals surface area contributed by atoms with Crippen LogP contribution in [0.2, 0.25) is 5.02 Å². The van der Waals surface area contributed by atoms with Crippen LogP contribution in [0.5, 0.6) is 0 Å². The third-order valence-electron chi connectivity index (χ3n) is 4.06. The smallest absolute Gasteiger partial charge is 0.241 e. The summed E-state index contributed by atoms with van der Waals surface area (Å²) in [5.74, 6) is -0.361. The first-order valence-corrected chi connectivity index (χ1v) is 10.5. The van der Waals surface area contributed by atoms with E-state index in [1.807, 2.05) is 37.3 Å². The number of hydrogen-bond acceptors (Lipinski definition) is 3. The van der Waals surface area contributed by atoms with Crippen molar-refractivity contribution in [1.82, 2.24) is 5.32 Å². The van der Waals surface area contributed by atoms with Gasteiger partial charge in [0.1, 0.15) is 6.54 Å². The predicted molar refractivity (Wildman–Crippen MR) is 106 cm³/mol. The highest BCUT2D eigenvalue weighted by Crippen LogP contribution is 2.25. The van der Waals surface area contributed by atoms with Crippen molar-refractivity contribution in [2.75, 3.05) is 17.1 Å². The molecule has 140 valence electrons. The van der Waals surface area contributed by atoms with Crippen LogP contribution in [0.3, 0.4) is 0 Å². The van der Waals surface area contributed by atoms with Crippen molar-refractivity contribution in [2.24, 2.45) is 0 Å². The Hall–Kier alpha value is -2.05. The molecule has 0 unspecified atom stereocenters. The van der Waals surface area contributed by atoms with E-state index in [0.29, 0.717) is 22.7 Å². The first-order valence-electron chi connectivity index (χ1n) is 8.30. The quantitative estimate of drug-likeness (QED) is 0.778. The Morgan fingerprint density at radius 1 is 1.19 bits per heavy atom. The largest absolute Gasteiger partial charge is 0.348 e. The molecular formula is C19H23ClN2O3S. The van der Waals surface area contributed by atoms with Crippen LogP contribution in [0, 0.1) is 6.92 Å². The third kappa shape index (κ3) is 5.22. The number of nitrogens with one attached hydrogen (secondary N) is 1. The van der Waals surface area contributed by atoms with Crippen LogP contribution in [0.15, 0.2) is 48.5 Å². The minimum Gasteiger partial charge on any atom is -0.348 e. The van der Waals surface area contributed by atoms with Crippen LogP contribution in [0.1, 0.15) is 30.5 Å². The number of sulfonamides is 1. The summed E-state index contributed by atoms with van der Waals surface area (Å²) in [5.41, 5.74) is 2.11. The molecule has 1 amide bonds. The maximum atomic E-state index is 12.6. The van der Waals surface area contributed by atoms with Gasteiger partial charge in [-0.3, -0.25) is 9.10 Å². The van der Waals surface area contributed by atoms with Gasteiger partial charge in [0, 0.05) is 5.02 Å². The number of aryl methyl sites for hydroxylation is 1. The minimum atomic E-state index is -3.63. The van der Waals surface area contributed by atoms with Gasteiger partial charge in [-0.25, -0.2) is 8.42 Å². The molecule has 0 radical (unpaired) electrons. The molecule has 0 spiro atoms. The minimum absolute atomic E-state index is 0.170. The van der Waals surface area contributed by atoms with Crippen molar-refractivity contribution in [3.05, 3.63) is 64.7 Å². The Morgan fingerprint density at radius 3 is 2.38 bits per heavy atom. The molecule has 0 saturated carbocycles. The van der Waals surface area contributed by atoms with E-state index < -0.39 is 10.0 Å². The molecule has 7 heteroatoms. The number of hydrogen-bond donors (Lipinski definition) is 1. The molecule has 2 rings (SSSR count). The van der Waals surface area contributed by atoms with E-state index in [1.165, 1.54) is 0 Å². The van der Waals surface area contributed by atoms with E-state index in [0.717, 1.165) is 16.1 Å². The van der Waals surface area contributed by atoms with Crippen molar-refractivity contribution >= 4 is 33.2 Å². The molecule has 0 bridgehead atoms. The standard InChI is InChI=1S/C19H23ClN2O3S/c1-4-17(15-8-6-5-7-9-15)21-19(23)13-22(26(3,24)25)18-11-10-16(20)12-14(18)2/h5-12,17H,4,13H2,1-3H3,(H,21,23)/t17-/m0/s1. The molecule has 0 aromatic heterocycles. The molecular weight excluding hydrogens is 372 g/mol. The van der Waals surface area contributed by atoms with E-state index in [-0.39, 0.29) is 18.5 Å². The fourth-order valence-corrected chi connectivity index (χ4v) is 3.90. The van der Waals surface area contributed by atoms with E-state index in [9.17, 15) is 13.2 Å². The van der Waals surface area contributed by atoms with Crippen molar-refractivity contribution < 1.29 is 13.2 Å². The average Bonchev–Trinajstić information content (AvgIpc) is 2.58. The fourth-order valence-electron chi connectivity index (χ4n) is 2.76. The van der Waals surface area contributed by atoms with Crippen LogP contribution in [-0.2, 0) is 14.8 Å². The first kappa shape index (κ1) is 20.3. The lowest BCUT2D eigenvalue weighted by Crippen LogP contribution is -2.41. The van der Waals surface area contributed by atoms with Crippen molar-refractivity contribution in [3.63, 3.8) is 0 Å². The number of halogens is 1. The number of amides is 1. The number of carbonyl (C=O) groups is 1. The molecule has 26 heavy (non-hydrogen) atoms. The zero-order valence-corrected chi connectivity index (χ0v) is 16.6. The topological polar surface area (TPSA) is 66.5 Å². The van der Waals surface area contributed by atoms with Crippen LogP contribution in [0.4, 0.5) is 5.69 Å². The second-order valence-electron chi connectivity index (χ2n) is 6.14. The van der Waals surface area contributed by atoms with Gasteiger partial charge in [0.25, 0.3) is 0 Å². The highest BCUT2D eigenvalue weighted by Gasteiger charge is 2.23. The Bertz CT molecular complexity index is 870. The number of benzene rings is 2. The normalized spacial score (nSPS) is 12.5. The Balaban J connectivity index is 2.22. The highest BCUT2D eigenvalue weighted by atomic mass is 35.5. The SMILES string of the molecule is CC[C@H](NC(=O)CN(c1ccc(Cl)cc1C)S(C)(=O)=O)c1ccccc1. The molecule has 2 aromatic carbocycles. The molecule has 0 heterocycles. The average molecular weight is 395 g/mol. The zero-order valence-electron chi connectivity index (χ0n) is 15.1. The summed E-state index contributed by atoms with van der Waals surface area (Å²) in [7, 11) is -3.63. The lowest BCUT2D eigenvalue weighted by atomic mass is 10.0. The van der Waals surface area contributed by atoms with Gasteiger partial charge < -0.3 is 5.32 Å². The van der Waals surface area contributed by atoms with Crippen LogP contribution < -0.4 is 9.62 Å². The van der Waals surface area contributed by atoms with E-state index in [2.05, 4.69) is 5.32 Å². The molecule has 1 N–H and O–H groups in total. The maximum absolute atomic E-state index is 12.6. The Labute approximate surface area is 160 Å². The van der Waals surface area contributed by atoms with E-state index in [4.69, 9.17) is 11.6 Å². The van der Waals surface area contributed by atoms with Crippen LogP contribution in [0.25, 0.3) is 0 Å².